The first-order valence-corrected chi connectivity index (χ1v) is 6.81. The Morgan fingerprint density at radius 2 is 1.85 bits per heavy atom. The summed E-state index contributed by atoms with van der Waals surface area (Å²) in [6.45, 7) is 0.482. The van der Waals surface area contributed by atoms with Crippen molar-refractivity contribution in [2.45, 2.75) is 50.4 Å². The molecule has 0 spiro atoms. The van der Waals surface area contributed by atoms with Crippen molar-refractivity contribution >= 4 is 17.8 Å². The summed E-state index contributed by atoms with van der Waals surface area (Å²) in [4.78, 5) is 36.4. The predicted octanol–water partition coefficient (Wildman–Crippen LogP) is 0.173. The number of carbonyl (C=O) groups is 3. The predicted molar refractivity (Wildman–Crippen MR) is 66.9 cm³/mol. The third-order valence-corrected chi connectivity index (χ3v) is 3.83. The van der Waals surface area contributed by atoms with Crippen molar-refractivity contribution in [2.24, 2.45) is 0 Å². The second-order valence-electron chi connectivity index (χ2n) is 5.10. The van der Waals surface area contributed by atoms with Gasteiger partial charge >= 0.3 is 11.9 Å². The highest BCUT2D eigenvalue weighted by Gasteiger charge is 2.41. The normalized spacial score (nSPS) is 30.1. The molecule has 0 saturated carbocycles. The molecule has 2 rings (SSSR count). The standard InChI is InChI=1S/C13H19NO6/c1-19-13(18)8-4-2-3-7-14(8)11(15)9-5-6-10(20-9)12(16)17/h8-10H,2-7H2,1H3,(H,16,17). The SMILES string of the molecule is COC(=O)C1CCCCN1C(=O)C1CCC(C(=O)O)O1. The maximum atomic E-state index is 12.4. The van der Waals surface area contributed by atoms with Crippen LogP contribution in [0.25, 0.3) is 0 Å². The highest BCUT2D eigenvalue weighted by Crippen LogP contribution is 2.25. The topological polar surface area (TPSA) is 93.1 Å². The minimum Gasteiger partial charge on any atom is -0.479 e. The monoisotopic (exact) mass is 285 g/mol. The summed E-state index contributed by atoms with van der Waals surface area (Å²) >= 11 is 0. The Morgan fingerprint density at radius 3 is 2.45 bits per heavy atom. The van der Waals surface area contributed by atoms with Crippen LogP contribution >= 0.6 is 0 Å². The van der Waals surface area contributed by atoms with Gasteiger partial charge in [-0.3, -0.25) is 4.79 Å². The lowest BCUT2D eigenvalue weighted by Crippen LogP contribution is -2.52. The van der Waals surface area contributed by atoms with Crippen LogP contribution in [0.3, 0.4) is 0 Å². The number of nitrogens with zero attached hydrogens (tertiary/aromatic N) is 1. The van der Waals surface area contributed by atoms with Gasteiger partial charge in [-0.15, -0.1) is 0 Å². The van der Waals surface area contributed by atoms with Gasteiger partial charge in [0.15, 0.2) is 6.10 Å². The van der Waals surface area contributed by atoms with E-state index in [1.54, 1.807) is 0 Å². The number of methoxy groups -OCH3 is 1. The molecule has 1 N–H and O–H groups in total. The molecule has 2 aliphatic rings. The van der Waals surface area contributed by atoms with E-state index in [9.17, 15) is 14.4 Å². The molecule has 7 nitrogen and oxygen atoms in total. The summed E-state index contributed by atoms with van der Waals surface area (Å²) in [6, 6.07) is -0.575. The van der Waals surface area contributed by atoms with Gasteiger partial charge in [0.25, 0.3) is 5.91 Å². The zero-order chi connectivity index (χ0) is 14.7. The van der Waals surface area contributed by atoms with E-state index in [1.165, 1.54) is 12.0 Å². The Morgan fingerprint density at radius 1 is 1.15 bits per heavy atom. The molecule has 0 aliphatic carbocycles. The molecule has 2 heterocycles. The maximum Gasteiger partial charge on any atom is 0.332 e. The fourth-order valence-corrected chi connectivity index (χ4v) is 2.76. The average Bonchev–Trinajstić information content (AvgIpc) is 2.95. The molecule has 3 atom stereocenters. The first-order valence-electron chi connectivity index (χ1n) is 6.81. The van der Waals surface area contributed by atoms with Crippen molar-refractivity contribution in [3.8, 4) is 0 Å². The third-order valence-electron chi connectivity index (χ3n) is 3.83. The van der Waals surface area contributed by atoms with Crippen molar-refractivity contribution in [1.82, 2.24) is 4.90 Å². The quantitative estimate of drug-likeness (QED) is 0.743. The summed E-state index contributed by atoms with van der Waals surface area (Å²) in [5.41, 5.74) is 0. The van der Waals surface area contributed by atoms with E-state index >= 15 is 0 Å². The molecule has 3 unspecified atom stereocenters. The van der Waals surface area contributed by atoms with Gasteiger partial charge in [-0.05, 0) is 32.1 Å². The van der Waals surface area contributed by atoms with Crippen LogP contribution in [-0.4, -0.2) is 59.8 Å². The van der Waals surface area contributed by atoms with Gasteiger partial charge in [-0.25, -0.2) is 9.59 Å². The zero-order valence-electron chi connectivity index (χ0n) is 11.4. The number of rotatable bonds is 3. The number of amides is 1. The Kier molecular flexibility index (Phi) is 4.59. The lowest BCUT2D eigenvalue weighted by molar-refractivity contribution is -0.162. The van der Waals surface area contributed by atoms with Crippen LogP contribution in [0.1, 0.15) is 32.1 Å². The van der Waals surface area contributed by atoms with Gasteiger partial charge in [0.1, 0.15) is 12.1 Å². The second kappa shape index (κ2) is 6.21. The lowest BCUT2D eigenvalue weighted by atomic mass is 10.0. The smallest absolute Gasteiger partial charge is 0.332 e. The summed E-state index contributed by atoms with van der Waals surface area (Å²) < 4.78 is 9.98. The Hall–Kier alpha value is -1.63. The number of esters is 1. The molecule has 1 amide bonds. The van der Waals surface area contributed by atoms with Crippen molar-refractivity contribution in [3.05, 3.63) is 0 Å². The molecule has 2 aliphatic heterocycles. The van der Waals surface area contributed by atoms with Crippen LogP contribution in [-0.2, 0) is 23.9 Å². The first kappa shape index (κ1) is 14.8. The number of hydrogen-bond acceptors (Lipinski definition) is 5. The summed E-state index contributed by atoms with van der Waals surface area (Å²) in [5, 5.41) is 8.88. The van der Waals surface area contributed by atoms with Crippen LogP contribution < -0.4 is 0 Å². The lowest BCUT2D eigenvalue weighted by Gasteiger charge is -2.35. The van der Waals surface area contributed by atoms with Crippen molar-refractivity contribution in [2.75, 3.05) is 13.7 Å². The number of aliphatic carboxylic acids is 1. The molecule has 112 valence electrons. The van der Waals surface area contributed by atoms with Crippen LogP contribution in [0.5, 0.6) is 0 Å². The van der Waals surface area contributed by atoms with E-state index in [1.807, 2.05) is 0 Å². The molecule has 2 saturated heterocycles. The molecule has 0 bridgehead atoms. The summed E-state index contributed by atoms with van der Waals surface area (Å²) in [5.74, 6) is -1.78. The van der Waals surface area contributed by atoms with Gasteiger partial charge < -0.3 is 19.5 Å². The van der Waals surface area contributed by atoms with Crippen LogP contribution in [0.2, 0.25) is 0 Å². The first-order chi connectivity index (χ1) is 9.54. The van der Waals surface area contributed by atoms with E-state index < -0.39 is 30.2 Å². The Bertz CT molecular complexity index is 410. The number of hydrogen-bond donors (Lipinski definition) is 1. The fraction of sp³-hybridized carbons (Fsp3) is 0.769. The molecule has 7 heteroatoms. The molecule has 2 fully saturated rings. The van der Waals surface area contributed by atoms with E-state index in [2.05, 4.69) is 0 Å². The molecule has 0 aromatic carbocycles. The van der Waals surface area contributed by atoms with E-state index in [-0.39, 0.29) is 5.91 Å². The van der Waals surface area contributed by atoms with Gasteiger partial charge in [-0.2, -0.15) is 0 Å². The molecule has 0 radical (unpaired) electrons. The van der Waals surface area contributed by atoms with E-state index in [4.69, 9.17) is 14.6 Å². The third kappa shape index (κ3) is 2.92. The maximum absolute atomic E-state index is 12.4. The Balaban J connectivity index is 2.03. The average molecular weight is 285 g/mol. The van der Waals surface area contributed by atoms with Gasteiger partial charge in [0, 0.05) is 6.54 Å². The van der Waals surface area contributed by atoms with Crippen molar-refractivity contribution in [3.63, 3.8) is 0 Å². The number of ether oxygens (including phenoxy) is 2. The van der Waals surface area contributed by atoms with E-state index in [0.717, 1.165) is 12.8 Å². The van der Waals surface area contributed by atoms with Crippen LogP contribution in [0.15, 0.2) is 0 Å². The van der Waals surface area contributed by atoms with Gasteiger partial charge in [-0.1, -0.05) is 0 Å². The fourth-order valence-electron chi connectivity index (χ4n) is 2.76. The zero-order valence-corrected chi connectivity index (χ0v) is 11.4. The number of piperidine rings is 1. The summed E-state index contributed by atoms with van der Waals surface area (Å²) in [6.07, 6.45) is 1.28. The number of carboxylic acids is 1. The second-order valence-corrected chi connectivity index (χ2v) is 5.10. The van der Waals surface area contributed by atoms with Crippen LogP contribution in [0, 0.1) is 0 Å². The van der Waals surface area contributed by atoms with Crippen molar-refractivity contribution < 1.29 is 29.0 Å². The molecular formula is C13H19NO6. The van der Waals surface area contributed by atoms with Crippen LogP contribution in [0.4, 0.5) is 0 Å². The summed E-state index contributed by atoms with van der Waals surface area (Å²) in [7, 11) is 1.30. The van der Waals surface area contributed by atoms with Crippen molar-refractivity contribution in [1.29, 1.82) is 0 Å². The molecule has 0 aromatic heterocycles. The highest BCUT2D eigenvalue weighted by atomic mass is 16.5. The number of carboxylic acid groups (broad SMARTS) is 1. The Labute approximate surface area is 116 Å². The molecule has 0 aromatic rings. The molecule has 20 heavy (non-hydrogen) atoms. The van der Waals surface area contributed by atoms with Gasteiger partial charge in [0.05, 0.1) is 7.11 Å². The minimum atomic E-state index is -1.05. The van der Waals surface area contributed by atoms with Gasteiger partial charge in [0.2, 0.25) is 0 Å². The highest BCUT2D eigenvalue weighted by molar-refractivity contribution is 5.88. The molecular weight excluding hydrogens is 266 g/mol. The van der Waals surface area contributed by atoms with E-state index in [0.29, 0.717) is 25.8 Å². The number of carbonyl (C=O) groups excluding carboxylic acids is 2. The number of likely N-dealkylation sites (tertiary alicyclic amines) is 1. The largest absolute Gasteiger partial charge is 0.479 e. The minimum absolute atomic E-state index is 0.302.